The van der Waals surface area contributed by atoms with Crippen LogP contribution in [-0.2, 0) is 16.2 Å². The number of aromatic hydroxyl groups is 2. The molecule has 2 aromatic carbocycles. The Morgan fingerprint density at radius 1 is 1.00 bits per heavy atom. The van der Waals surface area contributed by atoms with Crippen molar-refractivity contribution in [1.82, 2.24) is 0 Å². The zero-order chi connectivity index (χ0) is 23.7. The molecule has 0 saturated carbocycles. The smallest absolute Gasteiger partial charge is 0.234 e. The first-order valence-corrected chi connectivity index (χ1v) is 10.2. The van der Waals surface area contributed by atoms with Crippen molar-refractivity contribution in [2.24, 2.45) is 0 Å². The molecule has 0 aromatic heterocycles. The second-order valence-corrected chi connectivity index (χ2v) is 7.28. The minimum absolute atomic E-state index is 0.0716. The summed E-state index contributed by atoms with van der Waals surface area (Å²) in [5.41, 5.74) is -1.49. The van der Waals surface area contributed by atoms with Gasteiger partial charge in [-0.2, -0.15) is 0 Å². The molecule has 2 aromatic rings. The number of carbonyl (C=O) groups is 2. The number of hydrogen-bond acceptors (Lipinski definition) is 6. The molecule has 32 heavy (non-hydrogen) atoms. The van der Waals surface area contributed by atoms with Gasteiger partial charge >= 0.3 is 0 Å². The first-order valence-electron chi connectivity index (χ1n) is 10.2. The van der Waals surface area contributed by atoms with Crippen molar-refractivity contribution < 1.29 is 34.0 Å². The first-order chi connectivity index (χ1) is 15.2. The van der Waals surface area contributed by atoms with Gasteiger partial charge in [-0.3, -0.25) is 9.59 Å². The lowest BCUT2D eigenvalue weighted by atomic mass is 9.88. The Bertz CT molecular complexity index is 950. The van der Waals surface area contributed by atoms with E-state index in [1.807, 2.05) is 6.92 Å². The zero-order valence-corrected chi connectivity index (χ0v) is 18.0. The number of rotatable bonds is 11. The normalized spacial score (nSPS) is 13.4. The number of aliphatic hydroxyl groups excluding tert-OH is 1. The van der Waals surface area contributed by atoms with E-state index in [1.54, 1.807) is 0 Å². The van der Waals surface area contributed by atoms with Crippen molar-refractivity contribution in [3.05, 3.63) is 65.2 Å². The van der Waals surface area contributed by atoms with Gasteiger partial charge in [-0.15, -0.1) is 0 Å². The van der Waals surface area contributed by atoms with E-state index in [0.29, 0.717) is 24.0 Å². The highest BCUT2D eigenvalue weighted by molar-refractivity contribution is 6.20. The molecule has 0 aliphatic heterocycles. The summed E-state index contributed by atoms with van der Waals surface area (Å²) in [5, 5.41) is 28.5. The Hall–Kier alpha value is -3.45. The fourth-order valence-electron chi connectivity index (χ4n) is 3.03. The van der Waals surface area contributed by atoms with Gasteiger partial charge in [0.1, 0.15) is 5.75 Å². The van der Waals surface area contributed by atoms with E-state index in [9.17, 15) is 24.9 Å². The Morgan fingerprint density at radius 2 is 1.56 bits per heavy atom. The number of benzene rings is 2. The summed E-state index contributed by atoms with van der Waals surface area (Å²) in [6.45, 7) is 1.44. The molecule has 6 nitrogen and oxygen atoms in total. The van der Waals surface area contributed by atoms with Crippen LogP contribution in [0.3, 0.4) is 0 Å². The maximum atomic E-state index is 15.6. The van der Waals surface area contributed by atoms with E-state index in [-0.39, 0.29) is 29.2 Å². The molecular weight excluding hydrogens is 415 g/mol. The lowest BCUT2D eigenvalue weighted by molar-refractivity contribution is -0.137. The summed E-state index contributed by atoms with van der Waals surface area (Å²) in [6.07, 6.45) is 5.39. The summed E-state index contributed by atoms with van der Waals surface area (Å²) in [5.74, 6) is -1.92. The van der Waals surface area contributed by atoms with Crippen LogP contribution in [0.15, 0.2) is 48.6 Å². The molecule has 0 amide bonds. The van der Waals surface area contributed by atoms with Crippen molar-refractivity contribution in [2.75, 3.05) is 7.11 Å². The number of methoxy groups -OCH3 is 1. The molecule has 0 bridgehead atoms. The number of allylic oxidation sites excluding steroid dienone is 2. The molecule has 0 fully saturated rings. The molecule has 0 spiro atoms. The highest BCUT2D eigenvalue weighted by Gasteiger charge is 2.42. The number of alkyl halides is 1. The molecule has 0 heterocycles. The van der Waals surface area contributed by atoms with Crippen LogP contribution in [0.5, 0.6) is 17.2 Å². The predicted molar refractivity (Wildman–Crippen MR) is 120 cm³/mol. The van der Waals surface area contributed by atoms with Crippen LogP contribution in [-0.4, -0.2) is 39.7 Å². The molecule has 0 aliphatic rings. The third-order valence-electron chi connectivity index (χ3n) is 4.99. The van der Waals surface area contributed by atoms with Gasteiger partial charge in [0, 0.05) is 5.56 Å². The van der Waals surface area contributed by atoms with E-state index >= 15 is 4.39 Å². The Kier molecular flexibility index (Phi) is 8.72. The van der Waals surface area contributed by atoms with E-state index < -0.39 is 23.8 Å². The second kappa shape index (κ2) is 11.2. The Labute approximate surface area is 186 Å². The summed E-state index contributed by atoms with van der Waals surface area (Å²) >= 11 is 0. The summed E-state index contributed by atoms with van der Waals surface area (Å²) in [6, 6.07) is 8.72. The Balaban J connectivity index is 2.27. The molecule has 1 unspecified atom stereocenters. The van der Waals surface area contributed by atoms with Crippen LogP contribution in [0.25, 0.3) is 12.2 Å². The molecule has 7 heteroatoms. The number of hydrogen-bond donors (Lipinski definition) is 3. The number of phenolic OH excluding ortho intramolecular Hbond substituents is 1. The predicted octanol–water partition coefficient (Wildman–Crippen LogP) is 4.36. The molecule has 170 valence electrons. The fraction of sp³-hybridized carbons (Fsp3) is 0.280. The van der Waals surface area contributed by atoms with E-state index in [2.05, 4.69) is 0 Å². The van der Waals surface area contributed by atoms with Gasteiger partial charge in [-0.1, -0.05) is 37.6 Å². The minimum atomic E-state index is -2.72. The van der Waals surface area contributed by atoms with Gasteiger partial charge in [-0.05, 0) is 60.4 Å². The van der Waals surface area contributed by atoms with Gasteiger partial charge < -0.3 is 20.1 Å². The van der Waals surface area contributed by atoms with Gasteiger partial charge in [0.25, 0.3) is 0 Å². The molecule has 2 rings (SSSR count). The molecule has 0 radical (unpaired) electrons. The molecule has 3 N–H and O–H groups in total. The molecule has 0 saturated heterocycles. The number of ether oxygens (including phenoxy) is 1. The van der Waals surface area contributed by atoms with Crippen molar-refractivity contribution >= 4 is 23.7 Å². The maximum Gasteiger partial charge on any atom is 0.234 e. The maximum absolute atomic E-state index is 15.6. The average molecular weight is 442 g/mol. The minimum Gasteiger partial charge on any atom is -0.508 e. The van der Waals surface area contributed by atoms with Crippen LogP contribution in [0.1, 0.15) is 42.9 Å². The summed E-state index contributed by atoms with van der Waals surface area (Å²) < 4.78 is 20.7. The lowest BCUT2D eigenvalue weighted by Crippen LogP contribution is -2.40. The van der Waals surface area contributed by atoms with Crippen LogP contribution >= 0.6 is 0 Å². The average Bonchev–Trinajstić information content (AvgIpc) is 2.80. The quantitative estimate of drug-likeness (QED) is 0.353. The van der Waals surface area contributed by atoms with Crippen LogP contribution < -0.4 is 4.74 Å². The van der Waals surface area contributed by atoms with Gasteiger partial charge in [0.2, 0.25) is 17.2 Å². The fourth-order valence-corrected chi connectivity index (χ4v) is 3.03. The summed E-state index contributed by atoms with van der Waals surface area (Å²) in [7, 11) is 1.38. The number of halogens is 1. The molecule has 1 atom stereocenters. The zero-order valence-electron chi connectivity index (χ0n) is 18.0. The van der Waals surface area contributed by atoms with E-state index in [0.717, 1.165) is 12.2 Å². The highest BCUT2D eigenvalue weighted by atomic mass is 19.1. The number of unbranched alkanes of at least 4 members (excludes halogenated alkanes) is 1. The van der Waals surface area contributed by atoms with Gasteiger partial charge in [0.05, 0.1) is 13.7 Å². The third-order valence-corrected chi connectivity index (χ3v) is 4.99. The largest absolute Gasteiger partial charge is 0.508 e. The van der Waals surface area contributed by atoms with Gasteiger partial charge in [-0.25, -0.2) is 4.39 Å². The highest BCUT2D eigenvalue weighted by Crippen LogP contribution is 2.28. The van der Waals surface area contributed by atoms with Crippen molar-refractivity contribution in [2.45, 2.75) is 38.5 Å². The molecular formula is C25H27FO6. The number of carbonyl (C=O) groups excluding carboxylic acids is 2. The van der Waals surface area contributed by atoms with Crippen molar-refractivity contribution in [1.29, 1.82) is 0 Å². The summed E-state index contributed by atoms with van der Waals surface area (Å²) in [4.78, 5) is 25.4. The van der Waals surface area contributed by atoms with Crippen molar-refractivity contribution in [3.63, 3.8) is 0 Å². The lowest BCUT2D eigenvalue weighted by Gasteiger charge is -2.19. The monoisotopic (exact) mass is 442 g/mol. The van der Waals surface area contributed by atoms with E-state index in [1.165, 1.54) is 55.7 Å². The number of ketones is 2. The van der Waals surface area contributed by atoms with Crippen LogP contribution in [0.2, 0.25) is 0 Å². The first kappa shape index (κ1) is 24.8. The topological polar surface area (TPSA) is 104 Å². The standard InChI is InChI=1S/C25H27FO6/c1-3-4-13-25(26,23(30)11-7-17-5-9-20(28)19(14-17)16-27)24(31)12-8-18-6-10-21(29)22(15-18)32-2/h5-12,14-15,27-29H,3-4,13,16H2,1-2H3. The van der Waals surface area contributed by atoms with E-state index in [4.69, 9.17) is 4.74 Å². The SMILES string of the molecule is CCCCC(F)(C(=O)C=Cc1ccc(O)c(CO)c1)C(=O)C=Cc1ccc(O)c(OC)c1. The van der Waals surface area contributed by atoms with Crippen LogP contribution in [0, 0.1) is 0 Å². The van der Waals surface area contributed by atoms with Gasteiger partial charge in [0.15, 0.2) is 11.5 Å². The second-order valence-electron chi connectivity index (χ2n) is 7.28. The van der Waals surface area contributed by atoms with Crippen LogP contribution in [0.4, 0.5) is 4.39 Å². The third kappa shape index (κ3) is 6.04. The van der Waals surface area contributed by atoms with Crippen molar-refractivity contribution in [3.8, 4) is 17.2 Å². The number of phenols is 2. The number of aliphatic hydroxyl groups is 1. The molecule has 0 aliphatic carbocycles. The Morgan fingerprint density at radius 3 is 2.09 bits per heavy atom.